The summed E-state index contributed by atoms with van der Waals surface area (Å²) in [6.07, 6.45) is 6.43. The predicted molar refractivity (Wildman–Crippen MR) is 52.0 cm³/mol. The normalized spacial score (nSPS) is 9.33. The van der Waals surface area contributed by atoms with Crippen LogP contribution < -0.4 is 0 Å². The average molecular weight is 211 g/mol. The second-order valence-corrected chi connectivity index (χ2v) is 2.55. The summed E-state index contributed by atoms with van der Waals surface area (Å²) >= 11 is 0. The molecule has 0 aromatic rings. The number of aliphatic imine (C=N–C) groups is 2. The van der Waals surface area contributed by atoms with Crippen molar-refractivity contribution in [3.8, 4) is 6.26 Å². The van der Waals surface area contributed by atoms with E-state index in [9.17, 15) is 9.59 Å². The second-order valence-electron chi connectivity index (χ2n) is 2.55. The molecule has 0 fully saturated rings. The van der Waals surface area contributed by atoms with E-state index in [4.69, 9.17) is 10.4 Å². The Morgan fingerprint density at radius 2 is 2.00 bits per heavy atom. The Hall–Kier alpha value is -1.95. The van der Waals surface area contributed by atoms with Gasteiger partial charge < -0.3 is 5.11 Å². The predicted octanol–water partition coefficient (Wildman–Crippen LogP) is 1.06. The first-order chi connectivity index (χ1) is 7.26. The summed E-state index contributed by atoms with van der Waals surface area (Å²) in [5, 5.41) is 13.8. The van der Waals surface area contributed by atoms with E-state index in [1.807, 2.05) is 6.92 Å². The van der Waals surface area contributed by atoms with Crippen molar-refractivity contribution in [3.05, 3.63) is 0 Å². The van der Waals surface area contributed by atoms with E-state index in [2.05, 4.69) is 9.98 Å². The number of unbranched alkanes of at least 4 members (excludes halogenated alkanes) is 1. The summed E-state index contributed by atoms with van der Waals surface area (Å²) in [6.45, 7) is 2.30. The van der Waals surface area contributed by atoms with Gasteiger partial charge in [-0.15, -0.1) is 0 Å². The number of hydrogen-bond donors (Lipinski definition) is 1. The zero-order valence-electron chi connectivity index (χ0n) is 8.51. The van der Waals surface area contributed by atoms with Gasteiger partial charge in [-0.2, -0.15) is 5.26 Å². The Bertz CT molecular complexity index is 273. The van der Waals surface area contributed by atoms with Crippen LogP contribution in [0.3, 0.4) is 0 Å². The zero-order valence-corrected chi connectivity index (χ0v) is 8.51. The van der Waals surface area contributed by atoms with Crippen LogP contribution in [-0.4, -0.2) is 29.9 Å². The molecule has 0 heterocycles. The van der Waals surface area contributed by atoms with Crippen LogP contribution in [0.5, 0.6) is 0 Å². The van der Waals surface area contributed by atoms with E-state index in [1.165, 1.54) is 12.2 Å². The van der Waals surface area contributed by atoms with Gasteiger partial charge in [-0.25, -0.2) is 19.6 Å². The SMILES string of the molecule is CCCCC(CN=C=O)N=C=O.N#CO. The summed E-state index contributed by atoms with van der Waals surface area (Å²) in [7, 11) is 0. The molecule has 6 heteroatoms. The Balaban J connectivity index is 0. The lowest BCUT2D eigenvalue weighted by molar-refractivity contribution is 0.503. The molecule has 15 heavy (non-hydrogen) atoms. The molecule has 0 amide bonds. The fraction of sp³-hybridized carbons (Fsp3) is 0.667. The molecule has 0 saturated carbocycles. The third-order valence-corrected chi connectivity index (χ3v) is 1.49. The second kappa shape index (κ2) is 14.6. The van der Waals surface area contributed by atoms with Crippen LogP contribution in [0, 0.1) is 11.5 Å². The van der Waals surface area contributed by atoms with E-state index in [1.54, 1.807) is 0 Å². The van der Waals surface area contributed by atoms with Crippen LogP contribution >= 0.6 is 0 Å². The van der Waals surface area contributed by atoms with Gasteiger partial charge in [-0.1, -0.05) is 19.8 Å². The summed E-state index contributed by atoms with van der Waals surface area (Å²) in [4.78, 5) is 26.6. The number of nitrogens with zero attached hydrogens (tertiary/aromatic N) is 3. The molecular weight excluding hydrogens is 198 g/mol. The van der Waals surface area contributed by atoms with Gasteiger partial charge in [0, 0.05) is 0 Å². The molecule has 6 nitrogen and oxygen atoms in total. The minimum atomic E-state index is -0.191. The number of nitriles is 1. The number of aliphatic hydroxyl groups excluding tert-OH is 1. The third kappa shape index (κ3) is 14.9. The van der Waals surface area contributed by atoms with Crippen LogP contribution in [0.2, 0.25) is 0 Å². The molecule has 1 N–H and O–H groups in total. The van der Waals surface area contributed by atoms with Crippen LogP contribution in [0.15, 0.2) is 9.98 Å². The number of rotatable bonds is 6. The van der Waals surface area contributed by atoms with Crippen molar-refractivity contribution < 1.29 is 14.7 Å². The first kappa shape index (κ1) is 15.5. The lowest BCUT2D eigenvalue weighted by Crippen LogP contribution is -2.08. The molecule has 1 unspecified atom stereocenters. The van der Waals surface area contributed by atoms with Gasteiger partial charge in [0.05, 0.1) is 12.6 Å². The lowest BCUT2D eigenvalue weighted by Gasteiger charge is -2.03. The van der Waals surface area contributed by atoms with Crippen molar-refractivity contribution in [2.45, 2.75) is 32.2 Å². The smallest absolute Gasteiger partial charge is 0.283 e. The van der Waals surface area contributed by atoms with Gasteiger partial charge in [0.1, 0.15) is 0 Å². The van der Waals surface area contributed by atoms with Crippen molar-refractivity contribution in [2.75, 3.05) is 6.54 Å². The molecule has 82 valence electrons. The van der Waals surface area contributed by atoms with Gasteiger partial charge in [0.15, 0.2) is 0 Å². The molecule has 0 rings (SSSR count). The molecule has 1 atom stereocenters. The Kier molecular flexibility index (Phi) is 15.1. The van der Waals surface area contributed by atoms with E-state index in [-0.39, 0.29) is 12.6 Å². The highest BCUT2D eigenvalue weighted by Crippen LogP contribution is 2.03. The van der Waals surface area contributed by atoms with E-state index < -0.39 is 0 Å². The number of hydrogen-bond acceptors (Lipinski definition) is 6. The summed E-state index contributed by atoms with van der Waals surface area (Å²) < 4.78 is 0. The molecule has 0 aliphatic rings. The fourth-order valence-corrected chi connectivity index (χ4v) is 0.854. The van der Waals surface area contributed by atoms with Crippen LogP contribution in [0.1, 0.15) is 26.2 Å². The standard InChI is InChI=1S/C8H12N2O2.CHNO/c1-2-3-4-8(10-7-12)5-9-6-11;2-1-3/h8H,2-5H2,1H3;3H. The Morgan fingerprint density at radius 1 is 1.40 bits per heavy atom. The maximum atomic E-state index is 9.91. The monoisotopic (exact) mass is 211 g/mol. The fourth-order valence-electron chi connectivity index (χ4n) is 0.854. The lowest BCUT2D eigenvalue weighted by atomic mass is 10.1. The number of aliphatic hydroxyl groups is 1. The Labute approximate surface area is 88.0 Å². The summed E-state index contributed by atoms with van der Waals surface area (Å²) in [5.41, 5.74) is 0. The maximum Gasteiger partial charge on any atom is 0.283 e. The molecule has 0 saturated heterocycles. The van der Waals surface area contributed by atoms with Gasteiger partial charge >= 0.3 is 0 Å². The molecule has 0 aliphatic heterocycles. The molecule has 0 aliphatic carbocycles. The quantitative estimate of drug-likeness (QED) is 0.403. The van der Waals surface area contributed by atoms with Gasteiger partial charge in [-0.05, 0) is 6.42 Å². The molecular formula is C9H13N3O3. The molecule has 0 aromatic carbocycles. The van der Waals surface area contributed by atoms with E-state index >= 15 is 0 Å². The minimum absolute atomic E-state index is 0.191. The third-order valence-electron chi connectivity index (χ3n) is 1.49. The molecule has 0 aromatic heterocycles. The summed E-state index contributed by atoms with van der Waals surface area (Å²) in [6, 6.07) is -0.191. The average Bonchev–Trinajstić information content (AvgIpc) is 2.23. The van der Waals surface area contributed by atoms with Crippen molar-refractivity contribution in [1.29, 1.82) is 5.26 Å². The highest BCUT2D eigenvalue weighted by atomic mass is 16.2. The van der Waals surface area contributed by atoms with Crippen molar-refractivity contribution in [1.82, 2.24) is 0 Å². The first-order valence-electron chi connectivity index (χ1n) is 4.40. The van der Waals surface area contributed by atoms with Gasteiger partial charge in [-0.3, -0.25) is 0 Å². The maximum absolute atomic E-state index is 9.91. The topological polar surface area (TPSA) is 103 Å². The van der Waals surface area contributed by atoms with Gasteiger partial charge in [0.25, 0.3) is 6.26 Å². The van der Waals surface area contributed by atoms with Crippen LogP contribution in [0.4, 0.5) is 0 Å². The van der Waals surface area contributed by atoms with Crippen molar-refractivity contribution >= 4 is 12.2 Å². The van der Waals surface area contributed by atoms with Crippen LogP contribution in [-0.2, 0) is 9.59 Å². The Morgan fingerprint density at radius 3 is 2.40 bits per heavy atom. The highest BCUT2D eigenvalue weighted by Gasteiger charge is 2.04. The van der Waals surface area contributed by atoms with Gasteiger partial charge in [0.2, 0.25) is 12.2 Å². The first-order valence-corrected chi connectivity index (χ1v) is 4.40. The highest BCUT2D eigenvalue weighted by molar-refractivity contribution is 5.35. The molecule has 0 bridgehead atoms. The van der Waals surface area contributed by atoms with E-state index in [0.717, 1.165) is 25.5 Å². The molecule has 0 radical (unpaired) electrons. The molecule has 0 spiro atoms. The number of carbonyl (C=O) groups excluding carboxylic acids is 2. The number of isocyanates is 2. The summed E-state index contributed by atoms with van der Waals surface area (Å²) in [5.74, 6) is 0. The van der Waals surface area contributed by atoms with E-state index in [0.29, 0.717) is 0 Å². The minimum Gasteiger partial charge on any atom is -0.443 e. The van der Waals surface area contributed by atoms with Crippen LogP contribution in [0.25, 0.3) is 0 Å². The van der Waals surface area contributed by atoms with Crippen molar-refractivity contribution in [2.24, 2.45) is 9.98 Å². The van der Waals surface area contributed by atoms with Crippen molar-refractivity contribution in [3.63, 3.8) is 0 Å². The zero-order chi connectivity index (χ0) is 11.9. The largest absolute Gasteiger partial charge is 0.443 e.